The first-order valence-corrected chi connectivity index (χ1v) is 7.63. The number of hydrogen-bond donors (Lipinski definition) is 1. The maximum Gasteiger partial charge on any atom is 0.133 e. The lowest BCUT2D eigenvalue weighted by Gasteiger charge is -2.30. The molecule has 1 aliphatic carbocycles. The first kappa shape index (κ1) is 14.3. The van der Waals surface area contributed by atoms with Gasteiger partial charge in [-0.15, -0.1) is 0 Å². The summed E-state index contributed by atoms with van der Waals surface area (Å²) in [6, 6.07) is 4.76. The molecule has 1 N–H and O–H groups in total. The average molecular weight is 261 g/mol. The summed E-state index contributed by atoms with van der Waals surface area (Å²) in [7, 11) is 0. The Balaban J connectivity index is 2.10. The molecule has 3 heteroatoms. The number of hydrogen-bond acceptors (Lipinski definition) is 3. The highest BCUT2D eigenvalue weighted by atomic mass is 15.2. The molecule has 106 valence electrons. The number of nitrogens with one attached hydrogen (secondary N) is 1. The van der Waals surface area contributed by atoms with Crippen LogP contribution in [0.25, 0.3) is 0 Å². The van der Waals surface area contributed by atoms with Crippen molar-refractivity contribution in [3.05, 3.63) is 23.9 Å². The van der Waals surface area contributed by atoms with E-state index in [-0.39, 0.29) is 0 Å². The van der Waals surface area contributed by atoms with Gasteiger partial charge in [-0.1, -0.05) is 13.0 Å². The largest absolute Gasteiger partial charge is 0.354 e. The van der Waals surface area contributed by atoms with Gasteiger partial charge in [0.2, 0.25) is 0 Å². The van der Waals surface area contributed by atoms with Crippen LogP contribution in [-0.2, 0) is 6.54 Å². The Kier molecular flexibility index (Phi) is 5.20. The number of rotatable bonds is 8. The van der Waals surface area contributed by atoms with E-state index in [4.69, 9.17) is 0 Å². The fourth-order valence-electron chi connectivity index (χ4n) is 2.35. The second-order valence-corrected chi connectivity index (χ2v) is 5.85. The SMILES string of the molecule is CCCNCc1cccnc1N(CC1CC1)C(C)C. The molecule has 0 spiro atoms. The number of nitrogens with zero attached hydrogens (tertiary/aromatic N) is 2. The Labute approximate surface area is 117 Å². The molecule has 1 saturated carbocycles. The second kappa shape index (κ2) is 6.90. The van der Waals surface area contributed by atoms with Gasteiger partial charge in [-0.05, 0) is 51.6 Å². The van der Waals surface area contributed by atoms with Gasteiger partial charge in [-0.3, -0.25) is 0 Å². The van der Waals surface area contributed by atoms with Gasteiger partial charge in [-0.2, -0.15) is 0 Å². The van der Waals surface area contributed by atoms with Crippen LogP contribution in [0.2, 0.25) is 0 Å². The van der Waals surface area contributed by atoms with Crippen molar-refractivity contribution in [2.75, 3.05) is 18.0 Å². The van der Waals surface area contributed by atoms with Gasteiger partial charge in [0.25, 0.3) is 0 Å². The summed E-state index contributed by atoms with van der Waals surface area (Å²) in [5.74, 6) is 2.06. The highest BCUT2D eigenvalue weighted by molar-refractivity contribution is 5.47. The highest BCUT2D eigenvalue weighted by Gasteiger charge is 2.27. The van der Waals surface area contributed by atoms with Crippen LogP contribution in [0.5, 0.6) is 0 Å². The smallest absolute Gasteiger partial charge is 0.133 e. The Hall–Kier alpha value is -1.09. The molecule has 0 atom stereocenters. The third-order valence-electron chi connectivity index (χ3n) is 3.66. The van der Waals surface area contributed by atoms with Gasteiger partial charge in [0.1, 0.15) is 5.82 Å². The molecule has 0 aliphatic heterocycles. The van der Waals surface area contributed by atoms with Crippen LogP contribution in [0.4, 0.5) is 5.82 Å². The standard InChI is InChI=1S/C16H27N3/c1-4-9-17-11-15-6-5-10-18-16(15)19(13(2)3)12-14-7-8-14/h5-6,10,13-14,17H,4,7-9,11-12H2,1-3H3. The first-order chi connectivity index (χ1) is 9.22. The number of pyridine rings is 1. The topological polar surface area (TPSA) is 28.2 Å². The maximum absolute atomic E-state index is 4.65. The minimum atomic E-state index is 0.514. The Morgan fingerprint density at radius 3 is 2.84 bits per heavy atom. The van der Waals surface area contributed by atoms with Crippen molar-refractivity contribution in [3.63, 3.8) is 0 Å². The van der Waals surface area contributed by atoms with Crippen molar-refractivity contribution >= 4 is 5.82 Å². The van der Waals surface area contributed by atoms with Gasteiger partial charge >= 0.3 is 0 Å². The van der Waals surface area contributed by atoms with Crippen LogP contribution in [0.3, 0.4) is 0 Å². The molecule has 1 aliphatic rings. The zero-order chi connectivity index (χ0) is 13.7. The number of aromatic nitrogens is 1. The fourth-order valence-corrected chi connectivity index (χ4v) is 2.35. The van der Waals surface area contributed by atoms with Crippen LogP contribution in [0.1, 0.15) is 45.6 Å². The minimum Gasteiger partial charge on any atom is -0.354 e. The zero-order valence-electron chi connectivity index (χ0n) is 12.5. The summed E-state index contributed by atoms with van der Waals surface area (Å²) in [4.78, 5) is 7.12. The molecular formula is C16H27N3. The van der Waals surface area contributed by atoms with E-state index in [0.717, 1.165) is 25.6 Å². The fraction of sp³-hybridized carbons (Fsp3) is 0.688. The molecule has 0 radical (unpaired) electrons. The summed E-state index contributed by atoms with van der Waals surface area (Å²) in [6.45, 7) is 9.88. The van der Waals surface area contributed by atoms with Crippen LogP contribution in [-0.4, -0.2) is 24.1 Å². The summed E-state index contributed by atoms with van der Waals surface area (Å²) >= 11 is 0. The van der Waals surface area contributed by atoms with Gasteiger partial charge in [0.05, 0.1) is 0 Å². The van der Waals surface area contributed by atoms with Crippen molar-refractivity contribution in [1.82, 2.24) is 10.3 Å². The monoisotopic (exact) mass is 261 g/mol. The van der Waals surface area contributed by atoms with Gasteiger partial charge in [-0.25, -0.2) is 4.98 Å². The van der Waals surface area contributed by atoms with E-state index >= 15 is 0 Å². The maximum atomic E-state index is 4.65. The first-order valence-electron chi connectivity index (χ1n) is 7.63. The molecule has 1 fully saturated rings. The molecular weight excluding hydrogens is 234 g/mol. The van der Waals surface area contributed by atoms with E-state index in [1.165, 1.54) is 30.6 Å². The van der Waals surface area contributed by atoms with Crippen molar-refractivity contribution in [2.24, 2.45) is 5.92 Å². The molecule has 0 saturated heterocycles. The normalized spacial score (nSPS) is 14.9. The molecule has 2 rings (SSSR count). The van der Waals surface area contributed by atoms with Crippen molar-refractivity contribution in [3.8, 4) is 0 Å². The lowest BCUT2D eigenvalue weighted by molar-refractivity contribution is 0.623. The third-order valence-corrected chi connectivity index (χ3v) is 3.66. The van der Waals surface area contributed by atoms with E-state index in [9.17, 15) is 0 Å². The molecule has 1 aromatic heterocycles. The zero-order valence-corrected chi connectivity index (χ0v) is 12.5. The second-order valence-electron chi connectivity index (χ2n) is 5.85. The van der Waals surface area contributed by atoms with Crippen molar-refractivity contribution in [2.45, 2.75) is 52.6 Å². The minimum absolute atomic E-state index is 0.514. The van der Waals surface area contributed by atoms with Crippen molar-refractivity contribution < 1.29 is 0 Å². The van der Waals surface area contributed by atoms with E-state index in [1.54, 1.807) is 0 Å². The van der Waals surface area contributed by atoms with Gasteiger partial charge in [0.15, 0.2) is 0 Å². The molecule has 0 bridgehead atoms. The average Bonchev–Trinajstić information content (AvgIpc) is 3.21. The summed E-state index contributed by atoms with van der Waals surface area (Å²) in [5, 5.41) is 3.49. The number of anilines is 1. The third kappa shape index (κ3) is 4.20. The Bertz CT molecular complexity index is 385. The van der Waals surface area contributed by atoms with Crippen LogP contribution in [0, 0.1) is 5.92 Å². The van der Waals surface area contributed by atoms with E-state index in [1.807, 2.05) is 12.3 Å². The predicted molar refractivity (Wildman–Crippen MR) is 81.4 cm³/mol. The van der Waals surface area contributed by atoms with E-state index < -0.39 is 0 Å². The highest BCUT2D eigenvalue weighted by Crippen LogP contribution is 2.32. The van der Waals surface area contributed by atoms with Crippen LogP contribution < -0.4 is 10.2 Å². The predicted octanol–water partition coefficient (Wildman–Crippen LogP) is 3.21. The summed E-state index contributed by atoms with van der Waals surface area (Å²) in [6.07, 6.45) is 5.87. The van der Waals surface area contributed by atoms with E-state index in [0.29, 0.717) is 6.04 Å². The molecule has 3 nitrogen and oxygen atoms in total. The van der Waals surface area contributed by atoms with Gasteiger partial charge in [0, 0.05) is 30.9 Å². The summed E-state index contributed by atoms with van der Waals surface area (Å²) in [5.41, 5.74) is 1.32. The van der Waals surface area contributed by atoms with Crippen LogP contribution >= 0.6 is 0 Å². The molecule has 0 aromatic carbocycles. The molecule has 1 heterocycles. The molecule has 1 aromatic rings. The lowest BCUT2D eigenvalue weighted by Crippen LogP contribution is -2.34. The van der Waals surface area contributed by atoms with Crippen molar-refractivity contribution in [1.29, 1.82) is 0 Å². The summed E-state index contributed by atoms with van der Waals surface area (Å²) < 4.78 is 0. The molecule has 19 heavy (non-hydrogen) atoms. The molecule has 0 amide bonds. The lowest BCUT2D eigenvalue weighted by atomic mass is 10.2. The van der Waals surface area contributed by atoms with Crippen LogP contribution in [0.15, 0.2) is 18.3 Å². The van der Waals surface area contributed by atoms with Gasteiger partial charge < -0.3 is 10.2 Å². The molecule has 0 unspecified atom stereocenters. The Morgan fingerprint density at radius 2 is 2.21 bits per heavy atom. The van der Waals surface area contributed by atoms with E-state index in [2.05, 4.69) is 42.0 Å². The Morgan fingerprint density at radius 1 is 1.42 bits per heavy atom. The quantitative estimate of drug-likeness (QED) is 0.728.